The highest BCUT2D eigenvalue weighted by atomic mass is 16.3. The molecule has 1 aliphatic carbocycles. The van der Waals surface area contributed by atoms with Gasteiger partial charge in [0.05, 0.1) is 12.1 Å². The predicted octanol–water partition coefficient (Wildman–Crippen LogP) is 1.92. The molecule has 2 rings (SSSR count). The summed E-state index contributed by atoms with van der Waals surface area (Å²) in [5.74, 6) is 0.498. The van der Waals surface area contributed by atoms with Gasteiger partial charge >= 0.3 is 0 Å². The lowest BCUT2D eigenvalue weighted by Gasteiger charge is -2.37. The number of carbonyl (C=O) groups excluding carboxylic acids is 1. The lowest BCUT2D eigenvalue weighted by molar-refractivity contribution is -0.129. The molecular weight excluding hydrogens is 252 g/mol. The van der Waals surface area contributed by atoms with Gasteiger partial charge in [-0.25, -0.2) is 0 Å². The van der Waals surface area contributed by atoms with Crippen LogP contribution < -0.4 is 5.32 Å². The molecule has 0 aromatic heterocycles. The van der Waals surface area contributed by atoms with Crippen molar-refractivity contribution in [1.82, 2.24) is 10.2 Å². The van der Waals surface area contributed by atoms with E-state index < -0.39 is 0 Å². The van der Waals surface area contributed by atoms with E-state index in [2.05, 4.69) is 24.1 Å². The fraction of sp³-hybridized carbons (Fsp3) is 0.938. The van der Waals surface area contributed by atoms with Crippen molar-refractivity contribution in [1.29, 1.82) is 0 Å². The Morgan fingerprint density at radius 1 is 1.20 bits per heavy atom. The second-order valence-electron chi connectivity index (χ2n) is 6.70. The third-order valence-corrected chi connectivity index (χ3v) is 4.94. The van der Waals surface area contributed by atoms with E-state index in [0.29, 0.717) is 18.5 Å². The number of piperidine rings is 1. The van der Waals surface area contributed by atoms with Gasteiger partial charge < -0.3 is 10.4 Å². The molecule has 0 aromatic carbocycles. The zero-order chi connectivity index (χ0) is 14.5. The molecule has 2 aliphatic rings. The van der Waals surface area contributed by atoms with Crippen LogP contribution in [0.4, 0.5) is 0 Å². The van der Waals surface area contributed by atoms with Gasteiger partial charge in [-0.2, -0.15) is 0 Å². The van der Waals surface area contributed by atoms with E-state index in [1.54, 1.807) is 0 Å². The number of aliphatic hydroxyl groups excluding tert-OH is 1. The van der Waals surface area contributed by atoms with Gasteiger partial charge in [-0.1, -0.05) is 19.3 Å². The number of hydrogen-bond donors (Lipinski definition) is 2. The first-order chi connectivity index (χ1) is 9.59. The molecule has 0 spiro atoms. The van der Waals surface area contributed by atoms with Crippen molar-refractivity contribution in [2.45, 2.75) is 77.0 Å². The van der Waals surface area contributed by atoms with Crippen molar-refractivity contribution in [2.24, 2.45) is 5.92 Å². The Labute approximate surface area is 122 Å². The summed E-state index contributed by atoms with van der Waals surface area (Å²) in [6.45, 7) is 5.74. The molecule has 2 atom stereocenters. The Morgan fingerprint density at radius 3 is 2.50 bits per heavy atom. The maximum Gasteiger partial charge on any atom is 0.237 e. The fourth-order valence-electron chi connectivity index (χ4n) is 3.69. The van der Waals surface area contributed by atoms with Crippen LogP contribution in [0.5, 0.6) is 0 Å². The lowest BCUT2D eigenvalue weighted by Crippen LogP contribution is -2.53. The quantitative estimate of drug-likeness (QED) is 0.810. The van der Waals surface area contributed by atoms with E-state index in [1.165, 1.54) is 19.3 Å². The summed E-state index contributed by atoms with van der Waals surface area (Å²) in [5.41, 5.74) is 0. The summed E-state index contributed by atoms with van der Waals surface area (Å²) >= 11 is 0. The molecule has 0 radical (unpaired) electrons. The third kappa shape index (κ3) is 3.95. The van der Waals surface area contributed by atoms with Gasteiger partial charge in [-0.15, -0.1) is 0 Å². The van der Waals surface area contributed by atoms with Crippen molar-refractivity contribution >= 4 is 5.91 Å². The second-order valence-corrected chi connectivity index (χ2v) is 6.70. The van der Waals surface area contributed by atoms with Crippen molar-refractivity contribution in [3.05, 3.63) is 0 Å². The van der Waals surface area contributed by atoms with E-state index in [0.717, 1.165) is 32.2 Å². The van der Waals surface area contributed by atoms with Crippen molar-refractivity contribution in [3.8, 4) is 0 Å². The molecule has 2 N–H and O–H groups in total. The van der Waals surface area contributed by atoms with Gasteiger partial charge in [0.15, 0.2) is 0 Å². The number of nitrogens with zero attached hydrogens (tertiary/aromatic N) is 1. The second kappa shape index (κ2) is 7.41. The number of nitrogens with one attached hydrogen (secondary N) is 1. The average Bonchev–Trinajstić information content (AvgIpc) is 2.98. The largest absolute Gasteiger partial charge is 0.391 e. The van der Waals surface area contributed by atoms with Crippen molar-refractivity contribution < 1.29 is 9.90 Å². The number of amides is 1. The molecule has 116 valence electrons. The lowest BCUT2D eigenvalue weighted by atomic mass is 9.98. The highest BCUT2D eigenvalue weighted by molar-refractivity contribution is 5.81. The summed E-state index contributed by atoms with van der Waals surface area (Å²) in [4.78, 5) is 14.7. The Bertz CT molecular complexity index is 314. The van der Waals surface area contributed by atoms with Gasteiger partial charge in [-0.3, -0.25) is 9.69 Å². The monoisotopic (exact) mass is 282 g/mol. The zero-order valence-corrected chi connectivity index (χ0v) is 13.0. The van der Waals surface area contributed by atoms with Crippen LogP contribution in [0.3, 0.4) is 0 Å². The van der Waals surface area contributed by atoms with Crippen molar-refractivity contribution in [3.63, 3.8) is 0 Å². The number of rotatable bonds is 5. The van der Waals surface area contributed by atoms with Crippen molar-refractivity contribution in [2.75, 3.05) is 13.1 Å². The maximum absolute atomic E-state index is 12.4. The van der Waals surface area contributed by atoms with Gasteiger partial charge in [0.1, 0.15) is 0 Å². The summed E-state index contributed by atoms with van der Waals surface area (Å²) in [6.07, 6.45) is 7.57. The minimum absolute atomic E-state index is 0.000437. The molecule has 1 saturated heterocycles. The molecule has 4 nitrogen and oxygen atoms in total. The summed E-state index contributed by atoms with van der Waals surface area (Å²) in [6, 6.07) is 0.408. The number of aliphatic hydroxyl groups is 1. The molecule has 1 aliphatic heterocycles. The van der Waals surface area contributed by atoms with Gasteiger partial charge in [0.25, 0.3) is 0 Å². The van der Waals surface area contributed by atoms with Crippen LogP contribution in [0.25, 0.3) is 0 Å². The molecule has 1 amide bonds. The first kappa shape index (κ1) is 15.8. The minimum atomic E-state index is -0.363. The van der Waals surface area contributed by atoms with E-state index in [-0.39, 0.29) is 18.1 Å². The van der Waals surface area contributed by atoms with E-state index >= 15 is 0 Å². The molecule has 4 heteroatoms. The van der Waals surface area contributed by atoms with E-state index in [4.69, 9.17) is 0 Å². The number of hydrogen-bond acceptors (Lipinski definition) is 3. The Kier molecular flexibility index (Phi) is 5.85. The highest BCUT2D eigenvalue weighted by Gasteiger charge is 2.31. The number of carbonyl (C=O) groups is 1. The van der Waals surface area contributed by atoms with Gasteiger partial charge in [0.2, 0.25) is 5.91 Å². The topological polar surface area (TPSA) is 52.6 Å². The van der Waals surface area contributed by atoms with Crippen LogP contribution in [0.1, 0.15) is 58.8 Å². The minimum Gasteiger partial charge on any atom is -0.391 e. The number of likely N-dealkylation sites (tertiary alicyclic amines) is 1. The van der Waals surface area contributed by atoms with E-state index in [1.807, 2.05) is 0 Å². The Hall–Kier alpha value is -0.610. The fourth-order valence-corrected chi connectivity index (χ4v) is 3.69. The average molecular weight is 282 g/mol. The smallest absolute Gasteiger partial charge is 0.237 e. The molecule has 0 bridgehead atoms. The van der Waals surface area contributed by atoms with Crippen LogP contribution in [-0.2, 0) is 4.79 Å². The van der Waals surface area contributed by atoms with Gasteiger partial charge in [0, 0.05) is 12.6 Å². The first-order valence-corrected chi connectivity index (χ1v) is 8.31. The molecule has 0 aromatic rings. The predicted molar refractivity (Wildman–Crippen MR) is 80.5 cm³/mol. The first-order valence-electron chi connectivity index (χ1n) is 8.31. The molecule has 1 heterocycles. The van der Waals surface area contributed by atoms with Crippen LogP contribution in [-0.4, -0.2) is 47.2 Å². The molecular formula is C16H30N2O2. The Morgan fingerprint density at radius 2 is 1.85 bits per heavy atom. The normalized spacial score (nSPS) is 26.9. The molecule has 20 heavy (non-hydrogen) atoms. The molecule has 2 fully saturated rings. The zero-order valence-electron chi connectivity index (χ0n) is 13.0. The Balaban J connectivity index is 1.80. The molecule has 0 unspecified atom stereocenters. The SMILES string of the molecule is CC(C)N1CCCC[C@@H]1C(=O)NC[C@@H](O)C1CCCC1. The third-order valence-electron chi connectivity index (χ3n) is 4.94. The molecule has 1 saturated carbocycles. The van der Waals surface area contributed by atoms with Crippen LogP contribution in [0.15, 0.2) is 0 Å². The summed E-state index contributed by atoms with van der Waals surface area (Å²) in [7, 11) is 0. The maximum atomic E-state index is 12.4. The van der Waals surface area contributed by atoms with E-state index in [9.17, 15) is 9.90 Å². The summed E-state index contributed by atoms with van der Waals surface area (Å²) in [5, 5.41) is 13.1. The van der Waals surface area contributed by atoms with Crippen LogP contribution >= 0.6 is 0 Å². The highest BCUT2D eigenvalue weighted by Crippen LogP contribution is 2.27. The standard InChI is InChI=1S/C16H30N2O2/c1-12(2)18-10-6-5-9-14(18)16(20)17-11-15(19)13-7-3-4-8-13/h12-15,19H,3-11H2,1-2H3,(H,17,20)/t14-,15-/m1/s1. The van der Waals surface area contributed by atoms with Crippen LogP contribution in [0.2, 0.25) is 0 Å². The van der Waals surface area contributed by atoms with Gasteiger partial charge in [-0.05, 0) is 52.0 Å². The summed E-state index contributed by atoms with van der Waals surface area (Å²) < 4.78 is 0. The van der Waals surface area contributed by atoms with Crippen LogP contribution in [0, 0.1) is 5.92 Å².